The van der Waals surface area contributed by atoms with E-state index in [4.69, 9.17) is 0 Å². The fourth-order valence-corrected chi connectivity index (χ4v) is 1.31. The van der Waals surface area contributed by atoms with Crippen LogP contribution in [-0.4, -0.2) is 26.5 Å². The Bertz CT molecular complexity index is 436. The molecule has 0 fully saturated rings. The van der Waals surface area contributed by atoms with Gasteiger partial charge in [-0.05, 0) is 5.92 Å². The van der Waals surface area contributed by atoms with Crippen LogP contribution in [0.25, 0.3) is 11.2 Å². The van der Waals surface area contributed by atoms with E-state index >= 15 is 0 Å². The first-order valence-electron chi connectivity index (χ1n) is 5.19. The third-order valence-corrected chi connectivity index (χ3v) is 2.54. The van der Waals surface area contributed by atoms with Gasteiger partial charge in [0.2, 0.25) is 0 Å². The summed E-state index contributed by atoms with van der Waals surface area (Å²) in [5.74, 6) is 1.47. The number of nitrogens with zero attached hydrogens (tertiary/aromatic N) is 3. The predicted octanol–water partition coefficient (Wildman–Crippen LogP) is 1.81. The predicted molar refractivity (Wildman–Crippen MR) is 59.6 cm³/mol. The smallest absolute Gasteiger partial charge is 0.182 e. The molecule has 0 saturated carbocycles. The zero-order chi connectivity index (χ0) is 10.7. The van der Waals surface area contributed by atoms with Gasteiger partial charge in [-0.1, -0.05) is 20.3 Å². The van der Waals surface area contributed by atoms with Crippen molar-refractivity contribution in [2.45, 2.75) is 20.3 Å². The van der Waals surface area contributed by atoms with Gasteiger partial charge >= 0.3 is 0 Å². The van der Waals surface area contributed by atoms with E-state index in [9.17, 15) is 0 Å². The van der Waals surface area contributed by atoms with Crippen LogP contribution >= 0.6 is 0 Å². The second-order valence-electron chi connectivity index (χ2n) is 3.72. The fraction of sp³-hybridized carbons (Fsp3) is 0.500. The number of hydrogen-bond donors (Lipinski definition) is 2. The van der Waals surface area contributed by atoms with Crippen LogP contribution in [0.2, 0.25) is 0 Å². The Labute approximate surface area is 88.4 Å². The van der Waals surface area contributed by atoms with Crippen LogP contribution < -0.4 is 5.32 Å². The first-order chi connectivity index (χ1) is 7.31. The molecule has 0 aliphatic heterocycles. The van der Waals surface area contributed by atoms with Crippen molar-refractivity contribution in [3.05, 3.63) is 12.7 Å². The first kappa shape index (κ1) is 9.89. The summed E-state index contributed by atoms with van der Waals surface area (Å²) in [5.41, 5.74) is 1.58. The molecule has 2 rings (SSSR count). The molecule has 5 heteroatoms. The molecule has 2 N–H and O–H groups in total. The van der Waals surface area contributed by atoms with Crippen molar-refractivity contribution in [1.82, 2.24) is 19.9 Å². The SMILES string of the molecule is CCC(C)CNc1ncnc2nc[nH]c12. The summed E-state index contributed by atoms with van der Waals surface area (Å²) >= 11 is 0. The molecule has 5 nitrogen and oxygen atoms in total. The Morgan fingerprint density at radius 3 is 3.07 bits per heavy atom. The van der Waals surface area contributed by atoms with Crippen LogP contribution in [0.5, 0.6) is 0 Å². The molecule has 0 amide bonds. The number of rotatable bonds is 4. The van der Waals surface area contributed by atoms with Crippen LogP contribution in [0, 0.1) is 5.92 Å². The van der Waals surface area contributed by atoms with E-state index in [0.717, 1.165) is 24.3 Å². The number of H-pyrrole nitrogens is 1. The maximum absolute atomic E-state index is 4.19. The number of anilines is 1. The Kier molecular flexibility index (Phi) is 2.80. The summed E-state index contributed by atoms with van der Waals surface area (Å²) in [4.78, 5) is 15.4. The average Bonchev–Trinajstić information content (AvgIpc) is 2.74. The number of aromatic amines is 1. The minimum absolute atomic E-state index is 0.637. The van der Waals surface area contributed by atoms with E-state index in [1.54, 1.807) is 6.33 Å². The van der Waals surface area contributed by atoms with Crippen molar-refractivity contribution in [1.29, 1.82) is 0 Å². The van der Waals surface area contributed by atoms with E-state index in [0.29, 0.717) is 11.6 Å². The number of fused-ring (bicyclic) bond motifs is 1. The summed E-state index contributed by atoms with van der Waals surface area (Å²) in [6.45, 7) is 5.30. The second-order valence-corrected chi connectivity index (χ2v) is 3.72. The minimum atomic E-state index is 0.637. The maximum atomic E-state index is 4.19. The summed E-state index contributed by atoms with van der Waals surface area (Å²) in [5, 5.41) is 3.30. The third kappa shape index (κ3) is 2.06. The largest absolute Gasteiger partial charge is 0.368 e. The minimum Gasteiger partial charge on any atom is -0.368 e. The molecule has 0 saturated heterocycles. The van der Waals surface area contributed by atoms with Gasteiger partial charge in [0.25, 0.3) is 0 Å². The lowest BCUT2D eigenvalue weighted by atomic mass is 10.1. The van der Waals surface area contributed by atoms with Crippen molar-refractivity contribution in [2.75, 3.05) is 11.9 Å². The monoisotopic (exact) mass is 205 g/mol. The van der Waals surface area contributed by atoms with Gasteiger partial charge in [-0.15, -0.1) is 0 Å². The molecule has 15 heavy (non-hydrogen) atoms. The van der Waals surface area contributed by atoms with Gasteiger partial charge < -0.3 is 10.3 Å². The van der Waals surface area contributed by atoms with Crippen LogP contribution in [0.15, 0.2) is 12.7 Å². The summed E-state index contributed by atoms with van der Waals surface area (Å²) in [6.07, 6.45) is 4.32. The molecule has 2 aromatic rings. The van der Waals surface area contributed by atoms with Crippen molar-refractivity contribution in [3.8, 4) is 0 Å². The highest BCUT2D eigenvalue weighted by Crippen LogP contribution is 2.14. The average molecular weight is 205 g/mol. The van der Waals surface area contributed by atoms with Crippen molar-refractivity contribution in [2.24, 2.45) is 5.92 Å². The van der Waals surface area contributed by atoms with Gasteiger partial charge in [0.15, 0.2) is 11.5 Å². The van der Waals surface area contributed by atoms with Gasteiger partial charge in [0.1, 0.15) is 11.8 Å². The van der Waals surface area contributed by atoms with Gasteiger partial charge in [0, 0.05) is 6.54 Å². The van der Waals surface area contributed by atoms with E-state index in [2.05, 4.69) is 39.1 Å². The molecule has 0 radical (unpaired) electrons. The molecule has 1 atom stereocenters. The standard InChI is InChI=1S/C10H15N5/c1-3-7(2)4-11-9-8-10(13-5-12-8)15-6-14-9/h5-7H,3-4H2,1-2H3,(H2,11,12,13,14,15). The third-order valence-electron chi connectivity index (χ3n) is 2.54. The van der Waals surface area contributed by atoms with E-state index < -0.39 is 0 Å². The highest BCUT2D eigenvalue weighted by Gasteiger charge is 2.06. The fourth-order valence-electron chi connectivity index (χ4n) is 1.31. The van der Waals surface area contributed by atoms with E-state index in [1.165, 1.54) is 6.33 Å². The van der Waals surface area contributed by atoms with Crippen LogP contribution in [-0.2, 0) is 0 Å². The highest BCUT2D eigenvalue weighted by atomic mass is 15.1. The Morgan fingerprint density at radius 2 is 2.27 bits per heavy atom. The molecular formula is C10H15N5. The number of aromatic nitrogens is 4. The van der Waals surface area contributed by atoms with Gasteiger partial charge in [0.05, 0.1) is 6.33 Å². The summed E-state index contributed by atoms with van der Waals surface area (Å²) in [7, 11) is 0. The van der Waals surface area contributed by atoms with Crippen LogP contribution in [0.4, 0.5) is 5.82 Å². The van der Waals surface area contributed by atoms with E-state index in [-0.39, 0.29) is 0 Å². The second kappa shape index (κ2) is 4.25. The lowest BCUT2D eigenvalue weighted by molar-refractivity contribution is 0.592. The molecule has 80 valence electrons. The van der Waals surface area contributed by atoms with Crippen molar-refractivity contribution >= 4 is 17.0 Å². The van der Waals surface area contributed by atoms with Gasteiger partial charge in [-0.2, -0.15) is 0 Å². The van der Waals surface area contributed by atoms with Crippen LogP contribution in [0.1, 0.15) is 20.3 Å². The molecule has 0 aliphatic carbocycles. The quantitative estimate of drug-likeness (QED) is 0.798. The molecular weight excluding hydrogens is 190 g/mol. The molecule has 2 aromatic heterocycles. The van der Waals surface area contributed by atoms with Gasteiger partial charge in [-0.3, -0.25) is 0 Å². The topological polar surface area (TPSA) is 66.5 Å². The molecule has 1 unspecified atom stereocenters. The molecule has 0 aromatic carbocycles. The number of nitrogens with one attached hydrogen (secondary N) is 2. The zero-order valence-corrected chi connectivity index (χ0v) is 8.99. The van der Waals surface area contributed by atoms with Crippen molar-refractivity contribution in [3.63, 3.8) is 0 Å². The Morgan fingerprint density at radius 1 is 1.40 bits per heavy atom. The molecule has 2 heterocycles. The first-order valence-corrected chi connectivity index (χ1v) is 5.19. The highest BCUT2D eigenvalue weighted by molar-refractivity contribution is 5.81. The molecule has 0 bridgehead atoms. The van der Waals surface area contributed by atoms with Crippen LogP contribution in [0.3, 0.4) is 0 Å². The lowest BCUT2D eigenvalue weighted by Gasteiger charge is -2.10. The molecule has 0 spiro atoms. The summed E-state index contributed by atoms with van der Waals surface area (Å²) in [6, 6.07) is 0. The zero-order valence-electron chi connectivity index (χ0n) is 8.99. The van der Waals surface area contributed by atoms with Crippen molar-refractivity contribution < 1.29 is 0 Å². The lowest BCUT2D eigenvalue weighted by Crippen LogP contribution is -2.11. The van der Waals surface area contributed by atoms with E-state index in [1.807, 2.05) is 0 Å². The Balaban J connectivity index is 2.17. The molecule has 0 aliphatic rings. The maximum Gasteiger partial charge on any atom is 0.182 e. The Hall–Kier alpha value is -1.65. The normalized spacial score (nSPS) is 12.9. The number of hydrogen-bond acceptors (Lipinski definition) is 4. The van der Waals surface area contributed by atoms with Gasteiger partial charge in [-0.25, -0.2) is 15.0 Å². The number of imidazole rings is 1. The summed E-state index contributed by atoms with van der Waals surface area (Å²) < 4.78 is 0.